The van der Waals surface area contributed by atoms with E-state index in [-0.39, 0.29) is 0 Å². The Morgan fingerprint density at radius 1 is 1.20 bits per heavy atom. The van der Waals surface area contributed by atoms with Crippen molar-refractivity contribution in [2.45, 2.75) is 6.54 Å². The molecule has 0 aliphatic heterocycles. The first-order valence-corrected chi connectivity index (χ1v) is 6.16. The number of nitrogen functional groups attached to an aromatic ring is 1. The van der Waals surface area contributed by atoms with E-state index < -0.39 is 5.91 Å². The van der Waals surface area contributed by atoms with Gasteiger partial charge in [0.2, 0.25) is 5.91 Å². The van der Waals surface area contributed by atoms with Gasteiger partial charge in [-0.2, -0.15) is 0 Å². The lowest BCUT2D eigenvalue weighted by Gasteiger charge is -2.11. The number of ether oxygens (including phenoxy) is 1. The third kappa shape index (κ3) is 3.20. The molecule has 0 saturated carbocycles. The minimum absolute atomic E-state index is 0.427. The number of hydrogen-bond donors (Lipinski definition) is 3. The summed E-state index contributed by atoms with van der Waals surface area (Å²) in [7, 11) is 1.63. The number of nitrogens with one attached hydrogen (secondary N) is 1. The number of amides is 1. The molecule has 0 radical (unpaired) electrons. The van der Waals surface area contributed by atoms with Crippen LogP contribution in [0.4, 0.5) is 11.4 Å². The molecule has 104 valence electrons. The molecule has 0 aliphatic carbocycles. The molecule has 5 heteroatoms. The Hall–Kier alpha value is -2.69. The molecule has 0 spiro atoms. The average Bonchev–Trinajstić information content (AvgIpc) is 2.46. The maximum Gasteiger partial charge on any atom is 0.248 e. The number of benzene rings is 2. The van der Waals surface area contributed by atoms with Crippen LogP contribution in [0.3, 0.4) is 0 Å². The summed E-state index contributed by atoms with van der Waals surface area (Å²) >= 11 is 0. The lowest BCUT2D eigenvalue weighted by Crippen LogP contribution is -2.12. The number of nitrogens with two attached hydrogens (primary N) is 2. The van der Waals surface area contributed by atoms with Crippen LogP contribution >= 0.6 is 0 Å². The van der Waals surface area contributed by atoms with Crippen molar-refractivity contribution in [3.05, 3.63) is 53.6 Å². The van der Waals surface area contributed by atoms with Crippen molar-refractivity contribution in [3.63, 3.8) is 0 Å². The molecule has 20 heavy (non-hydrogen) atoms. The second-order valence-electron chi connectivity index (χ2n) is 4.37. The van der Waals surface area contributed by atoms with Gasteiger partial charge in [-0.25, -0.2) is 0 Å². The SMILES string of the molecule is COc1ccc(CNc2cc(C(N)=O)ccc2N)cc1. The third-order valence-electron chi connectivity index (χ3n) is 2.98. The van der Waals surface area contributed by atoms with E-state index in [4.69, 9.17) is 16.2 Å². The molecule has 2 aromatic rings. The van der Waals surface area contributed by atoms with Crippen LogP contribution in [0.25, 0.3) is 0 Å². The lowest BCUT2D eigenvalue weighted by atomic mass is 10.1. The van der Waals surface area contributed by atoms with E-state index in [0.717, 1.165) is 11.3 Å². The molecule has 5 N–H and O–H groups in total. The number of anilines is 2. The van der Waals surface area contributed by atoms with E-state index in [1.165, 1.54) is 0 Å². The predicted octanol–water partition coefficient (Wildman–Crippen LogP) is 1.99. The van der Waals surface area contributed by atoms with Crippen molar-refractivity contribution in [1.29, 1.82) is 0 Å². The molecule has 5 nitrogen and oxygen atoms in total. The van der Waals surface area contributed by atoms with Gasteiger partial charge >= 0.3 is 0 Å². The van der Waals surface area contributed by atoms with E-state index in [1.54, 1.807) is 25.3 Å². The fourth-order valence-corrected chi connectivity index (χ4v) is 1.80. The molecule has 0 bridgehead atoms. The molecule has 0 heterocycles. The average molecular weight is 271 g/mol. The largest absolute Gasteiger partial charge is 0.497 e. The maximum absolute atomic E-state index is 11.1. The highest BCUT2D eigenvalue weighted by Crippen LogP contribution is 2.21. The van der Waals surface area contributed by atoms with Gasteiger partial charge in [0.1, 0.15) is 5.75 Å². The summed E-state index contributed by atoms with van der Waals surface area (Å²) in [6.07, 6.45) is 0. The monoisotopic (exact) mass is 271 g/mol. The van der Waals surface area contributed by atoms with Crippen LogP contribution in [0.1, 0.15) is 15.9 Å². The van der Waals surface area contributed by atoms with Crippen molar-refractivity contribution in [3.8, 4) is 5.75 Å². The molecule has 1 amide bonds. The highest BCUT2D eigenvalue weighted by molar-refractivity contribution is 5.94. The Balaban J connectivity index is 2.09. The van der Waals surface area contributed by atoms with Crippen LogP contribution < -0.4 is 21.5 Å². The Bertz CT molecular complexity index is 609. The van der Waals surface area contributed by atoms with Gasteiger partial charge in [0.25, 0.3) is 0 Å². The summed E-state index contributed by atoms with van der Waals surface area (Å²) in [4.78, 5) is 11.1. The highest BCUT2D eigenvalue weighted by Gasteiger charge is 2.05. The maximum atomic E-state index is 11.1. The van der Waals surface area contributed by atoms with E-state index in [1.807, 2.05) is 24.3 Å². The zero-order valence-electron chi connectivity index (χ0n) is 11.2. The predicted molar refractivity (Wildman–Crippen MR) is 79.7 cm³/mol. The minimum Gasteiger partial charge on any atom is -0.497 e. The molecule has 0 saturated heterocycles. The van der Waals surface area contributed by atoms with E-state index in [2.05, 4.69) is 5.32 Å². The van der Waals surface area contributed by atoms with Crippen LogP contribution in [0.5, 0.6) is 5.75 Å². The summed E-state index contributed by atoms with van der Waals surface area (Å²) < 4.78 is 5.10. The van der Waals surface area contributed by atoms with Crippen LogP contribution in [-0.2, 0) is 6.54 Å². The van der Waals surface area contributed by atoms with Gasteiger partial charge in [0.05, 0.1) is 18.5 Å². The lowest BCUT2D eigenvalue weighted by molar-refractivity contribution is 0.100. The van der Waals surface area contributed by atoms with Crippen molar-refractivity contribution < 1.29 is 9.53 Å². The topological polar surface area (TPSA) is 90.4 Å². The Kier molecular flexibility index (Phi) is 4.10. The number of methoxy groups -OCH3 is 1. The summed E-state index contributed by atoms with van der Waals surface area (Å²) in [5.41, 5.74) is 13.9. The summed E-state index contributed by atoms with van der Waals surface area (Å²) in [6.45, 7) is 0.594. The first-order chi connectivity index (χ1) is 9.60. The number of primary amides is 1. The number of carbonyl (C=O) groups excluding carboxylic acids is 1. The van der Waals surface area contributed by atoms with Gasteiger partial charge in [-0.15, -0.1) is 0 Å². The fourth-order valence-electron chi connectivity index (χ4n) is 1.80. The second kappa shape index (κ2) is 5.97. The molecule has 2 rings (SSSR count). The normalized spacial score (nSPS) is 10.1. The molecule has 0 fully saturated rings. The van der Waals surface area contributed by atoms with E-state index >= 15 is 0 Å². The van der Waals surface area contributed by atoms with Gasteiger partial charge in [0, 0.05) is 12.1 Å². The number of hydrogen-bond acceptors (Lipinski definition) is 4. The molecule has 0 unspecified atom stereocenters. The standard InChI is InChI=1S/C15H17N3O2/c1-20-12-5-2-10(3-6-12)9-18-14-8-11(15(17)19)4-7-13(14)16/h2-8,18H,9,16H2,1H3,(H2,17,19). The molecular formula is C15H17N3O2. The molecule has 0 atom stereocenters. The van der Waals surface area contributed by atoms with E-state index in [0.29, 0.717) is 23.5 Å². The van der Waals surface area contributed by atoms with Crippen molar-refractivity contribution in [2.24, 2.45) is 5.73 Å². The zero-order valence-corrected chi connectivity index (χ0v) is 11.2. The minimum atomic E-state index is -0.475. The quantitative estimate of drug-likeness (QED) is 0.725. The van der Waals surface area contributed by atoms with Crippen LogP contribution in [0, 0.1) is 0 Å². The summed E-state index contributed by atoms with van der Waals surface area (Å²) in [5.74, 6) is 0.335. The van der Waals surface area contributed by atoms with Gasteiger partial charge in [0.15, 0.2) is 0 Å². The number of rotatable bonds is 5. The van der Waals surface area contributed by atoms with Gasteiger partial charge in [-0.3, -0.25) is 4.79 Å². The fraction of sp³-hybridized carbons (Fsp3) is 0.133. The Morgan fingerprint density at radius 2 is 1.90 bits per heavy atom. The van der Waals surface area contributed by atoms with E-state index in [9.17, 15) is 4.79 Å². The van der Waals surface area contributed by atoms with Crippen molar-refractivity contribution >= 4 is 17.3 Å². The van der Waals surface area contributed by atoms with Crippen molar-refractivity contribution in [2.75, 3.05) is 18.2 Å². The van der Waals surface area contributed by atoms with Gasteiger partial charge < -0.3 is 21.5 Å². The Morgan fingerprint density at radius 3 is 2.50 bits per heavy atom. The molecule has 0 aromatic heterocycles. The first kappa shape index (κ1) is 13.7. The summed E-state index contributed by atoms with van der Waals surface area (Å²) in [6, 6.07) is 12.6. The zero-order chi connectivity index (χ0) is 14.5. The van der Waals surface area contributed by atoms with Crippen LogP contribution in [0.15, 0.2) is 42.5 Å². The van der Waals surface area contributed by atoms with Gasteiger partial charge in [-0.1, -0.05) is 12.1 Å². The summed E-state index contributed by atoms with van der Waals surface area (Å²) in [5, 5.41) is 3.19. The van der Waals surface area contributed by atoms with Crippen LogP contribution in [0.2, 0.25) is 0 Å². The molecular weight excluding hydrogens is 254 g/mol. The smallest absolute Gasteiger partial charge is 0.248 e. The number of carbonyl (C=O) groups is 1. The molecule has 2 aromatic carbocycles. The Labute approximate surface area is 117 Å². The van der Waals surface area contributed by atoms with Crippen molar-refractivity contribution in [1.82, 2.24) is 0 Å². The first-order valence-electron chi connectivity index (χ1n) is 6.16. The van der Waals surface area contributed by atoms with Gasteiger partial charge in [-0.05, 0) is 35.9 Å². The highest BCUT2D eigenvalue weighted by atomic mass is 16.5. The third-order valence-corrected chi connectivity index (χ3v) is 2.98. The van der Waals surface area contributed by atoms with Crippen LogP contribution in [-0.4, -0.2) is 13.0 Å². The molecule has 0 aliphatic rings. The second-order valence-corrected chi connectivity index (χ2v) is 4.37.